The zero-order chi connectivity index (χ0) is 20.1. The number of aliphatic carboxylic acids is 1. The van der Waals surface area contributed by atoms with E-state index in [1.165, 1.54) is 0 Å². The number of carboxylic acid groups (broad SMARTS) is 1. The van der Waals surface area contributed by atoms with E-state index in [1.807, 2.05) is 0 Å². The van der Waals surface area contributed by atoms with Crippen molar-refractivity contribution in [1.82, 2.24) is 10.6 Å². The number of ether oxygens (including phenoxy) is 1. The summed E-state index contributed by atoms with van der Waals surface area (Å²) < 4.78 is 4.65. The fourth-order valence-corrected chi connectivity index (χ4v) is 2.25. The summed E-state index contributed by atoms with van der Waals surface area (Å²) in [5, 5.41) is 21.4. The number of esters is 1. The Bertz CT molecular complexity index is 528. The van der Waals surface area contributed by atoms with Crippen molar-refractivity contribution in [3.63, 3.8) is 0 Å². The Morgan fingerprint density at radius 2 is 1.88 bits per heavy atom. The number of aliphatic hydroxyl groups is 1. The van der Waals surface area contributed by atoms with Crippen molar-refractivity contribution in [2.75, 3.05) is 25.5 Å². The normalized spacial score (nSPS) is 12.6. The molecule has 0 aromatic carbocycles. The van der Waals surface area contributed by atoms with Gasteiger partial charge in [-0.1, -0.05) is 11.8 Å². The maximum absolute atomic E-state index is 12.1. The number of amides is 2. The lowest BCUT2D eigenvalue weighted by atomic mass is 10.1. The van der Waals surface area contributed by atoms with Crippen LogP contribution in [0.15, 0.2) is 0 Å². The van der Waals surface area contributed by atoms with Crippen LogP contribution in [0, 0.1) is 0 Å². The minimum atomic E-state index is -1.26. The predicted octanol–water partition coefficient (Wildman–Crippen LogP) is -2.41. The summed E-state index contributed by atoms with van der Waals surface area (Å²) in [6.45, 7) is 0.589. The predicted molar refractivity (Wildman–Crippen MR) is 91.0 cm³/mol. The Balaban J connectivity index is 4.68. The van der Waals surface area contributed by atoms with E-state index in [4.69, 9.17) is 15.9 Å². The van der Waals surface area contributed by atoms with Gasteiger partial charge in [0.05, 0.1) is 6.61 Å². The molecule has 0 saturated heterocycles. The second-order valence-electron chi connectivity index (χ2n) is 4.97. The molecule has 0 unspecified atom stereocenters. The highest BCUT2D eigenvalue weighted by Gasteiger charge is 2.23. The average molecular weight is 393 g/mol. The van der Waals surface area contributed by atoms with Crippen LogP contribution in [0.5, 0.6) is 0 Å². The van der Waals surface area contributed by atoms with Gasteiger partial charge in [-0.25, -0.2) is 0 Å². The zero-order valence-electron chi connectivity index (χ0n) is 14.2. The van der Waals surface area contributed by atoms with Gasteiger partial charge in [0.15, 0.2) is 0 Å². The Hall–Kier alpha value is -2.18. The lowest BCUT2D eigenvalue weighted by Crippen LogP contribution is -2.49. The molecule has 0 aliphatic carbocycles. The molecule has 0 fully saturated rings. The fraction of sp³-hybridized carbons (Fsp3) is 0.643. The molecule has 0 aliphatic rings. The van der Waals surface area contributed by atoms with Gasteiger partial charge in [-0.05, 0) is 13.3 Å². The molecule has 0 spiro atoms. The first-order chi connectivity index (χ1) is 12.2. The third-order valence-electron chi connectivity index (χ3n) is 2.90. The summed E-state index contributed by atoms with van der Waals surface area (Å²) in [5.41, 5.74) is 5.29. The van der Waals surface area contributed by atoms with Gasteiger partial charge in [-0.15, -0.1) is 0 Å². The molecular weight excluding hydrogens is 370 g/mol. The fourth-order valence-electron chi connectivity index (χ4n) is 1.58. The standard InChI is InChI=1S/C14H23N3O8S/c1-2-25-11(20)5-16-13(22)9(7-26-12(21)6-18)17-10(19)4-3-8(15)14(23)24/h8-9,18H,2-7,15H2,1H3,(H,16,22)(H,17,19)(H,23,24)/t8-,9-/m0/s1. The molecule has 0 radical (unpaired) electrons. The van der Waals surface area contributed by atoms with E-state index < -0.39 is 54.1 Å². The number of carboxylic acids is 1. The van der Waals surface area contributed by atoms with Gasteiger partial charge in [0.2, 0.25) is 16.9 Å². The monoisotopic (exact) mass is 393 g/mol. The van der Waals surface area contributed by atoms with Gasteiger partial charge in [0.25, 0.3) is 0 Å². The van der Waals surface area contributed by atoms with E-state index in [0.717, 1.165) is 0 Å². The Morgan fingerprint density at radius 3 is 2.42 bits per heavy atom. The SMILES string of the molecule is CCOC(=O)CNC(=O)[C@H](CSC(=O)CO)NC(=O)CC[C@H](N)C(=O)O. The second kappa shape index (κ2) is 13.1. The molecule has 2 atom stereocenters. The molecule has 2 amide bonds. The van der Waals surface area contributed by atoms with E-state index in [2.05, 4.69) is 15.4 Å². The van der Waals surface area contributed by atoms with E-state index in [0.29, 0.717) is 11.8 Å². The van der Waals surface area contributed by atoms with Crippen LogP contribution in [0.1, 0.15) is 19.8 Å². The third-order valence-corrected chi connectivity index (χ3v) is 3.85. The molecule has 12 heteroatoms. The molecule has 0 saturated carbocycles. The number of nitrogens with two attached hydrogens (primary N) is 1. The Morgan fingerprint density at radius 1 is 1.23 bits per heavy atom. The van der Waals surface area contributed by atoms with Crippen LogP contribution in [0.3, 0.4) is 0 Å². The highest BCUT2D eigenvalue weighted by molar-refractivity contribution is 8.13. The first-order valence-electron chi connectivity index (χ1n) is 7.68. The van der Waals surface area contributed by atoms with Gasteiger partial charge in [-0.2, -0.15) is 0 Å². The van der Waals surface area contributed by atoms with Crippen molar-refractivity contribution >= 4 is 40.6 Å². The lowest BCUT2D eigenvalue weighted by Gasteiger charge is -2.18. The minimum Gasteiger partial charge on any atom is -0.480 e. The van der Waals surface area contributed by atoms with Gasteiger partial charge in [0, 0.05) is 12.2 Å². The molecule has 0 rings (SSSR count). The Labute approximate surface area is 154 Å². The number of hydrogen-bond donors (Lipinski definition) is 5. The molecule has 0 aromatic heterocycles. The molecule has 0 bridgehead atoms. The smallest absolute Gasteiger partial charge is 0.325 e. The summed E-state index contributed by atoms with van der Waals surface area (Å²) in [6, 6.07) is -2.39. The minimum absolute atomic E-state index is 0.138. The van der Waals surface area contributed by atoms with Crippen LogP contribution in [0.2, 0.25) is 0 Å². The summed E-state index contributed by atoms with van der Waals surface area (Å²) in [6.07, 6.45) is -0.380. The van der Waals surface area contributed by atoms with Crippen LogP contribution in [0.4, 0.5) is 0 Å². The van der Waals surface area contributed by atoms with Crippen LogP contribution >= 0.6 is 11.8 Å². The van der Waals surface area contributed by atoms with E-state index >= 15 is 0 Å². The molecule has 0 heterocycles. The number of hydrogen-bond acceptors (Lipinski definition) is 9. The largest absolute Gasteiger partial charge is 0.480 e. The van der Waals surface area contributed by atoms with Crippen LogP contribution in [0.25, 0.3) is 0 Å². The lowest BCUT2D eigenvalue weighted by molar-refractivity contribution is -0.143. The molecule has 148 valence electrons. The molecular formula is C14H23N3O8S. The first kappa shape index (κ1) is 23.8. The number of aliphatic hydroxyl groups excluding tert-OH is 1. The van der Waals surface area contributed by atoms with E-state index in [9.17, 15) is 24.0 Å². The van der Waals surface area contributed by atoms with Crippen LogP contribution in [-0.4, -0.2) is 76.7 Å². The summed E-state index contributed by atoms with van der Waals surface area (Å²) in [4.78, 5) is 57.0. The maximum atomic E-state index is 12.1. The van der Waals surface area contributed by atoms with Crippen LogP contribution in [-0.2, 0) is 28.7 Å². The topological polar surface area (TPSA) is 185 Å². The van der Waals surface area contributed by atoms with Crippen molar-refractivity contribution in [2.24, 2.45) is 5.73 Å². The van der Waals surface area contributed by atoms with Crippen LogP contribution < -0.4 is 16.4 Å². The summed E-state index contributed by atoms with van der Waals surface area (Å²) in [5.74, 6) is -3.48. The number of carbonyl (C=O) groups is 5. The molecule has 26 heavy (non-hydrogen) atoms. The zero-order valence-corrected chi connectivity index (χ0v) is 15.0. The van der Waals surface area contributed by atoms with Crippen molar-refractivity contribution in [3.8, 4) is 0 Å². The molecule has 0 aromatic rings. The average Bonchev–Trinajstić information content (AvgIpc) is 2.60. The van der Waals surface area contributed by atoms with E-state index in [1.54, 1.807) is 6.92 Å². The third kappa shape index (κ3) is 10.6. The van der Waals surface area contributed by atoms with Gasteiger partial charge < -0.3 is 31.3 Å². The quantitative estimate of drug-likeness (QED) is 0.224. The molecule has 6 N–H and O–H groups in total. The summed E-state index contributed by atoms with van der Waals surface area (Å²) >= 11 is 0.629. The van der Waals surface area contributed by atoms with Crippen molar-refractivity contribution in [3.05, 3.63) is 0 Å². The Kier molecular flexibility index (Phi) is 12.0. The van der Waals surface area contributed by atoms with Gasteiger partial charge in [0.1, 0.15) is 25.2 Å². The van der Waals surface area contributed by atoms with Gasteiger partial charge >= 0.3 is 11.9 Å². The highest BCUT2D eigenvalue weighted by atomic mass is 32.2. The second-order valence-corrected chi connectivity index (χ2v) is 6.04. The van der Waals surface area contributed by atoms with Gasteiger partial charge in [-0.3, -0.25) is 24.0 Å². The van der Waals surface area contributed by atoms with Crippen molar-refractivity contribution < 1.29 is 38.9 Å². The number of nitrogens with one attached hydrogen (secondary N) is 2. The summed E-state index contributed by atoms with van der Waals surface area (Å²) in [7, 11) is 0. The number of carbonyl (C=O) groups excluding carboxylic acids is 4. The van der Waals surface area contributed by atoms with Crippen molar-refractivity contribution in [1.29, 1.82) is 0 Å². The first-order valence-corrected chi connectivity index (χ1v) is 8.67. The number of rotatable bonds is 12. The molecule has 0 aliphatic heterocycles. The molecule has 11 nitrogen and oxygen atoms in total. The highest BCUT2D eigenvalue weighted by Crippen LogP contribution is 2.06. The van der Waals surface area contributed by atoms with Crippen molar-refractivity contribution in [2.45, 2.75) is 31.8 Å². The maximum Gasteiger partial charge on any atom is 0.325 e. The number of thioether (sulfide) groups is 1. The van der Waals surface area contributed by atoms with E-state index in [-0.39, 0.29) is 25.2 Å².